The van der Waals surface area contributed by atoms with Crippen molar-refractivity contribution in [3.63, 3.8) is 0 Å². The summed E-state index contributed by atoms with van der Waals surface area (Å²) >= 11 is 3.07. The summed E-state index contributed by atoms with van der Waals surface area (Å²) in [6, 6.07) is 14.8. The van der Waals surface area contributed by atoms with Crippen LogP contribution in [0.3, 0.4) is 0 Å². The molecule has 3 aromatic rings. The van der Waals surface area contributed by atoms with Gasteiger partial charge in [0.15, 0.2) is 4.34 Å². The summed E-state index contributed by atoms with van der Waals surface area (Å²) in [4.78, 5) is 12.4. The highest BCUT2D eigenvalue weighted by atomic mass is 32.2. The van der Waals surface area contributed by atoms with Gasteiger partial charge in [-0.25, -0.2) is 0 Å². The van der Waals surface area contributed by atoms with Gasteiger partial charge in [0.25, 0.3) is 5.91 Å². The average molecular weight is 400 g/mol. The quantitative estimate of drug-likeness (QED) is 0.295. The molecule has 0 unspecified atom stereocenters. The zero-order chi connectivity index (χ0) is 19.1. The molecule has 0 aliphatic rings. The number of nitrogens with one attached hydrogen (secondary N) is 1. The van der Waals surface area contributed by atoms with E-state index in [1.807, 2.05) is 31.2 Å². The molecule has 1 aromatic heterocycles. The maximum Gasteiger partial charge on any atom is 0.257 e. The Hall–Kier alpha value is -2.38. The first-order chi connectivity index (χ1) is 13.1. The average Bonchev–Trinajstić information content (AvgIpc) is 3.11. The van der Waals surface area contributed by atoms with Crippen molar-refractivity contribution in [1.29, 1.82) is 0 Å². The molecule has 140 valence electrons. The van der Waals surface area contributed by atoms with Gasteiger partial charge in [-0.3, -0.25) is 10.1 Å². The van der Waals surface area contributed by atoms with Crippen molar-refractivity contribution in [2.75, 3.05) is 11.1 Å². The number of thioether (sulfide) groups is 1. The minimum absolute atomic E-state index is 0.210. The van der Waals surface area contributed by atoms with E-state index in [1.165, 1.54) is 16.9 Å². The summed E-state index contributed by atoms with van der Waals surface area (Å²) < 4.78 is 6.66. The minimum atomic E-state index is -0.210. The summed E-state index contributed by atoms with van der Waals surface area (Å²) in [5, 5.41) is 11.4. The van der Waals surface area contributed by atoms with E-state index in [4.69, 9.17) is 4.74 Å². The minimum Gasteiger partial charge on any atom is -0.457 e. The van der Waals surface area contributed by atoms with Crippen LogP contribution >= 0.6 is 23.1 Å². The highest BCUT2D eigenvalue weighted by molar-refractivity contribution is 8.01. The number of hydrogen-bond donors (Lipinski definition) is 1. The maximum atomic E-state index is 12.4. The summed E-state index contributed by atoms with van der Waals surface area (Å²) in [7, 11) is 0. The first kappa shape index (κ1) is 19.4. The van der Waals surface area contributed by atoms with Crippen molar-refractivity contribution in [3.8, 4) is 11.5 Å². The number of ether oxygens (including phenoxy) is 1. The van der Waals surface area contributed by atoms with E-state index < -0.39 is 0 Å². The standard InChI is InChI=1S/C20H21N3O2S2/c1-3-4-13-26-20-23-22-19(27-20)21-18(24)15-7-11-17(12-8-15)25-16-9-5-14(2)6-10-16/h5-12H,3-4,13H2,1-2H3,(H,21,22,24). The van der Waals surface area contributed by atoms with E-state index in [-0.39, 0.29) is 5.91 Å². The first-order valence-electron chi connectivity index (χ1n) is 8.76. The number of anilines is 1. The third-order valence-corrected chi connectivity index (χ3v) is 5.78. The van der Waals surface area contributed by atoms with Crippen LogP contribution in [-0.4, -0.2) is 21.9 Å². The van der Waals surface area contributed by atoms with Gasteiger partial charge in [0.05, 0.1) is 0 Å². The van der Waals surface area contributed by atoms with E-state index in [1.54, 1.807) is 36.0 Å². The Kier molecular flexibility index (Phi) is 6.84. The lowest BCUT2D eigenvalue weighted by atomic mass is 10.2. The Balaban J connectivity index is 1.56. The summed E-state index contributed by atoms with van der Waals surface area (Å²) in [5.74, 6) is 2.25. The number of aromatic nitrogens is 2. The smallest absolute Gasteiger partial charge is 0.257 e. The molecule has 0 radical (unpaired) electrons. The van der Waals surface area contributed by atoms with Crippen LogP contribution in [0, 0.1) is 6.92 Å². The molecule has 7 heteroatoms. The van der Waals surface area contributed by atoms with Gasteiger partial charge in [-0.15, -0.1) is 10.2 Å². The molecule has 27 heavy (non-hydrogen) atoms. The SMILES string of the molecule is CCCCSc1nnc(NC(=O)c2ccc(Oc3ccc(C)cc3)cc2)s1. The molecule has 0 saturated carbocycles. The Labute approximate surface area is 167 Å². The second-order valence-electron chi connectivity index (χ2n) is 5.97. The Morgan fingerprint density at radius 2 is 1.74 bits per heavy atom. The monoisotopic (exact) mass is 399 g/mol. The molecule has 1 amide bonds. The van der Waals surface area contributed by atoms with E-state index in [2.05, 4.69) is 22.4 Å². The fourth-order valence-corrected chi connectivity index (χ4v) is 4.11. The molecule has 0 spiro atoms. The predicted molar refractivity (Wildman–Crippen MR) is 111 cm³/mol. The largest absolute Gasteiger partial charge is 0.457 e. The molecule has 1 heterocycles. The van der Waals surface area contributed by atoms with Gasteiger partial charge in [0.2, 0.25) is 5.13 Å². The van der Waals surface area contributed by atoms with Gasteiger partial charge in [-0.1, -0.05) is 54.1 Å². The summed E-state index contributed by atoms with van der Waals surface area (Å²) in [6.45, 7) is 4.19. The highest BCUT2D eigenvalue weighted by Crippen LogP contribution is 2.27. The van der Waals surface area contributed by atoms with Crippen molar-refractivity contribution >= 4 is 34.1 Å². The number of aryl methyl sites for hydroxylation is 1. The molecule has 3 rings (SSSR count). The van der Waals surface area contributed by atoms with Crippen molar-refractivity contribution in [1.82, 2.24) is 10.2 Å². The van der Waals surface area contributed by atoms with Crippen molar-refractivity contribution in [3.05, 3.63) is 59.7 Å². The van der Waals surface area contributed by atoms with Crippen LogP contribution in [0.4, 0.5) is 5.13 Å². The Morgan fingerprint density at radius 3 is 2.41 bits per heavy atom. The second kappa shape index (κ2) is 9.53. The topological polar surface area (TPSA) is 64.1 Å². The zero-order valence-corrected chi connectivity index (χ0v) is 16.9. The number of amides is 1. The molecular weight excluding hydrogens is 378 g/mol. The lowest BCUT2D eigenvalue weighted by Gasteiger charge is -2.07. The molecular formula is C20H21N3O2S2. The fraction of sp³-hybridized carbons (Fsp3) is 0.250. The van der Waals surface area contributed by atoms with Crippen LogP contribution in [0.2, 0.25) is 0 Å². The molecule has 0 bridgehead atoms. The third kappa shape index (κ3) is 5.80. The normalized spacial score (nSPS) is 10.6. The van der Waals surface area contributed by atoms with E-state index in [9.17, 15) is 4.79 Å². The third-order valence-electron chi connectivity index (χ3n) is 3.72. The van der Waals surface area contributed by atoms with Crippen molar-refractivity contribution < 1.29 is 9.53 Å². The van der Waals surface area contributed by atoms with Gasteiger partial charge >= 0.3 is 0 Å². The summed E-state index contributed by atoms with van der Waals surface area (Å²) in [5.41, 5.74) is 1.72. The molecule has 0 aliphatic carbocycles. The van der Waals surface area contributed by atoms with E-state index >= 15 is 0 Å². The number of nitrogens with zero attached hydrogens (tertiary/aromatic N) is 2. The number of hydrogen-bond acceptors (Lipinski definition) is 6. The van der Waals surface area contributed by atoms with Gasteiger partial charge in [0, 0.05) is 11.3 Å². The van der Waals surface area contributed by atoms with E-state index in [0.717, 1.165) is 28.7 Å². The molecule has 0 aliphatic heterocycles. The molecule has 0 atom stereocenters. The van der Waals surface area contributed by atoms with Crippen LogP contribution in [0.1, 0.15) is 35.7 Å². The summed E-state index contributed by atoms with van der Waals surface area (Å²) in [6.07, 6.45) is 2.29. The first-order valence-corrected chi connectivity index (χ1v) is 10.6. The lowest BCUT2D eigenvalue weighted by Crippen LogP contribution is -2.11. The van der Waals surface area contributed by atoms with Crippen LogP contribution in [-0.2, 0) is 0 Å². The van der Waals surface area contributed by atoms with Crippen LogP contribution in [0.15, 0.2) is 52.9 Å². The van der Waals surface area contributed by atoms with Gasteiger partial charge < -0.3 is 4.74 Å². The highest BCUT2D eigenvalue weighted by Gasteiger charge is 2.11. The van der Waals surface area contributed by atoms with Gasteiger partial charge in [-0.05, 0) is 49.7 Å². The van der Waals surface area contributed by atoms with E-state index in [0.29, 0.717) is 16.4 Å². The fourth-order valence-electron chi connectivity index (χ4n) is 2.21. The van der Waals surface area contributed by atoms with Crippen LogP contribution in [0.25, 0.3) is 0 Å². The lowest BCUT2D eigenvalue weighted by molar-refractivity contribution is 0.102. The van der Waals surface area contributed by atoms with Crippen LogP contribution < -0.4 is 10.1 Å². The number of carbonyl (C=O) groups is 1. The Bertz CT molecular complexity index is 877. The van der Waals surface area contributed by atoms with Crippen molar-refractivity contribution in [2.24, 2.45) is 0 Å². The second-order valence-corrected chi connectivity index (χ2v) is 8.29. The predicted octanol–water partition coefficient (Wildman–Crippen LogP) is 5.78. The molecule has 1 N–H and O–H groups in total. The zero-order valence-electron chi connectivity index (χ0n) is 15.3. The number of benzene rings is 2. The molecule has 2 aromatic carbocycles. The van der Waals surface area contributed by atoms with Gasteiger partial charge in [0.1, 0.15) is 11.5 Å². The number of rotatable bonds is 8. The van der Waals surface area contributed by atoms with Gasteiger partial charge in [-0.2, -0.15) is 0 Å². The maximum absolute atomic E-state index is 12.4. The van der Waals surface area contributed by atoms with Crippen molar-refractivity contribution in [2.45, 2.75) is 31.0 Å². The molecule has 5 nitrogen and oxygen atoms in total. The molecule has 0 fully saturated rings. The Morgan fingerprint density at radius 1 is 1.07 bits per heavy atom. The number of unbranched alkanes of at least 4 members (excludes halogenated alkanes) is 1. The number of carbonyl (C=O) groups excluding carboxylic acids is 1. The van der Waals surface area contributed by atoms with Crippen LogP contribution in [0.5, 0.6) is 11.5 Å². The molecule has 0 saturated heterocycles.